The zero-order valence-corrected chi connectivity index (χ0v) is 12.4. The van der Waals surface area contributed by atoms with Gasteiger partial charge in [-0.15, -0.1) is 0 Å². The van der Waals surface area contributed by atoms with E-state index in [1.54, 1.807) is 6.20 Å². The molecule has 18 heavy (non-hydrogen) atoms. The monoisotopic (exact) mass is 324 g/mol. The summed E-state index contributed by atoms with van der Waals surface area (Å²) in [6, 6.07) is 11.8. The van der Waals surface area contributed by atoms with E-state index in [0.29, 0.717) is 0 Å². The fraction of sp³-hybridized carbons (Fsp3) is 0.214. The predicted molar refractivity (Wildman–Crippen MR) is 78.9 cm³/mol. The maximum absolute atomic E-state index is 6.06. The molecular formula is C14H14BrClN2. The zero-order chi connectivity index (χ0) is 13.0. The maximum atomic E-state index is 6.06. The van der Waals surface area contributed by atoms with Gasteiger partial charge >= 0.3 is 0 Å². The molecule has 0 aliphatic heterocycles. The molecule has 1 heterocycles. The molecule has 0 radical (unpaired) electrons. The molecule has 2 rings (SSSR count). The summed E-state index contributed by atoms with van der Waals surface area (Å²) >= 11 is 9.60. The second kappa shape index (κ2) is 6.32. The van der Waals surface area contributed by atoms with Crippen molar-refractivity contribution in [1.29, 1.82) is 0 Å². The molecule has 0 fully saturated rings. The molecule has 1 atom stereocenters. The normalized spacial score (nSPS) is 12.4. The van der Waals surface area contributed by atoms with Crippen LogP contribution in [0.1, 0.15) is 24.2 Å². The minimum atomic E-state index is 0.0456. The van der Waals surface area contributed by atoms with Gasteiger partial charge in [-0.25, -0.2) is 0 Å². The number of hydrogen-bond acceptors (Lipinski definition) is 2. The van der Waals surface area contributed by atoms with Gasteiger partial charge in [0.1, 0.15) is 0 Å². The number of halogens is 2. The van der Waals surface area contributed by atoms with Crippen molar-refractivity contribution in [2.75, 3.05) is 6.54 Å². The molecule has 0 amide bonds. The van der Waals surface area contributed by atoms with Crippen molar-refractivity contribution < 1.29 is 0 Å². The SMILES string of the molecule is CCNC(c1cccc(Cl)c1)c1ncccc1Br. The highest BCUT2D eigenvalue weighted by molar-refractivity contribution is 9.10. The lowest BCUT2D eigenvalue weighted by molar-refractivity contribution is 0.613. The van der Waals surface area contributed by atoms with Crippen LogP contribution >= 0.6 is 27.5 Å². The van der Waals surface area contributed by atoms with E-state index in [2.05, 4.69) is 39.2 Å². The second-order valence-corrected chi connectivity index (χ2v) is 5.21. The standard InChI is InChI=1S/C14H14BrClN2/c1-2-17-13(10-5-3-6-11(16)9-10)14-12(15)7-4-8-18-14/h3-9,13,17H,2H2,1H3. The van der Waals surface area contributed by atoms with Gasteiger partial charge in [0.25, 0.3) is 0 Å². The number of rotatable bonds is 4. The van der Waals surface area contributed by atoms with Gasteiger partial charge in [0.15, 0.2) is 0 Å². The summed E-state index contributed by atoms with van der Waals surface area (Å²) in [6.07, 6.45) is 1.80. The summed E-state index contributed by atoms with van der Waals surface area (Å²) in [7, 11) is 0. The summed E-state index contributed by atoms with van der Waals surface area (Å²) in [5.41, 5.74) is 2.09. The first-order valence-electron chi connectivity index (χ1n) is 5.81. The van der Waals surface area contributed by atoms with Crippen LogP contribution in [0.15, 0.2) is 47.1 Å². The van der Waals surface area contributed by atoms with Crippen molar-refractivity contribution in [1.82, 2.24) is 10.3 Å². The van der Waals surface area contributed by atoms with E-state index in [0.717, 1.165) is 27.3 Å². The lowest BCUT2D eigenvalue weighted by Gasteiger charge is -2.19. The van der Waals surface area contributed by atoms with Crippen LogP contribution in [0.25, 0.3) is 0 Å². The molecule has 1 aromatic carbocycles. The summed E-state index contributed by atoms with van der Waals surface area (Å²) in [6.45, 7) is 2.94. The third-order valence-corrected chi connectivity index (χ3v) is 3.56. The van der Waals surface area contributed by atoms with Crippen LogP contribution < -0.4 is 5.32 Å². The minimum Gasteiger partial charge on any atom is -0.305 e. The molecule has 2 aromatic rings. The average Bonchev–Trinajstić information content (AvgIpc) is 2.37. The molecule has 0 saturated heterocycles. The van der Waals surface area contributed by atoms with E-state index >= 15 is 0 Å². The minimum absolute atomic E-state index is 0.0456. The Kier molecular flexibility index (Phi) is 4.75. The maximum Gasteiger partial charge on any atom is 0.0763 e. The van der Waals surface area contributed by atoms with E-state index in [1.807, 2.05) is 30.3 Å². The topological polar surface area (TPSA) is 24.9 Å². The molecule has 0 spiro atoms. The second-order valence-electron chi connectivity index (χ2n) is 3.92. The van der Waals surface area contributed by atoms with Crippen molar-refractivity contribution in [2.45, 2.75) is 13.0 Å². The van der Waals surface area contributed by atoms with E-state index in [9.17, 15) is 0 Å². The Hall–Kier alpha value is -0.900. The van der Waals surface area contributed by atoms with E-state index < -0.39 is 0 Å². The van der Waals surface area contributed by atoms with Crippen LogP contribution in [-0.4, -0.2) is 11.5 Å². The van der Waals surface area contributed by atoms with Crippen molar-refractivity contribution in [2.24, 2.45) is 0 Å². The first-order chi connectivity index (χ1) is 8.72. The van der Waals surface area contributed by atoms with Gasteiger partial charge in [-0.3, -0.25) is 4.98 Å². The highest BCUT2D eigenvalue weighted by Crippen LogP contribution is 2.27. The van der Waals surface area contributed by atoms with Crippen LogP contribution in [-0.2, 0) is 0 Å². The number of nitrogens with zero attached hydrogens (tertiary/aromatic N) is 1. The van der Waals surface area contributed by atoms with Gasteiger partial charge < -0.3 is 5.32 Å². The summed E-state index contributed by atoms with van der Waals surface area (Å²) in [5.74, 6) is 0. The molecule has 4 heteroatoms. The van der Waals surface area contributed by atoms with E-state index in [-0.39, 0.29) is 6.04 Å². The first-order valence-corrected chi connectivity index (χ1v) is 6.98. The average molecular weight is 326 g/mol. The van der Waals surface area contributed by atoms with Gasteiger partial charge in [-0.05, 0) is 52.3 Å². The molecular weight excluding hydrogens is 312 g/mol. The molecule has 0 aliphatic carbocycles. The quantitative estimate of drug-likeness (QED) is 0.911. The van der Waals surface area contributed by atoms with Crippen LogP contribution in [0.3, 0.4) is 0 Å². The molecule has 94 valence electrons. The number of benzene rings is 1. The summed E-state index contributed by atoms with van der Waals surface area (Å²) in [4.78, 5) is 4.45. The molecule has 1 aromatic heterocycles. The largest absolute Gasteiger partial charge is 0.305 e. The van der Waals surface area contributed by atoms with Gasteiger partial charge in [0.05, 0.1) is 11.7 Å². The molecule has 1 N–H and O–H groups in total. The number of aromatic nitrogens is 1. The third kappa shape index (κ3) is 3.10. The lowest BCUT2D eigenvalue weighted by Crippen LogP contribution is -2.23. The summed E-state index contributed by atoms with van der Waals surface area (Å²) < 4.78 is 0.996. The van der Waals surface area contributed by atoms with Crippen LogP contribution in [0.4, 0.5) is 0 Å². The smallest absolute Gasteiger partial charge is 0.0763 e. The van der Waals surface area contributed by atoms with Crippen molar-refractivity contribution in [3.63, 3.8) is 0 Å². The van der Waals surface area contributed by atoms with Crippen LogP contribution in [0.5, 0.6) is 0 Å². The fourth-order valence-corrected chi connectivity index (χ4v) is 2.56. The summed E-state index contributed by atoms with van der Waals surface area (Å²) in [5, 5.41) is 4.17. The van der Waals surface area contributed by atoms with E-state index in [4.69, 9.17) is 11.6 Å². The Labute approximate surface area is 121 Å². The highest BCUT2D eigenvalue weighted by Gasteiger charge is 2.17. The Morgan fingerprint density at radius 3 is 2.83 bits per heavy atom. The van der Waals surface area contributed by atoms with Crippen molar-refractivity contribution in [3.8, 4) is 0 Å². The molecule has 0 saturated carbocycles. The Morgan fingerprint density at radius 2 is 2.17 bits per heavy atom. The molecule has 2 nitrogen and oxygen atoms in total. The zero-order valence-electron chi connectivity index (χ0n) is 10.0. The predicted octanol–water partition coefficient (Wildman–Crippen LogP) is 4.20. The van der Waals surface area contributed by atoms with Gasteiger partial charge in [-0.1, -0.05) is 30.7 Å². The highest BCUT2D eigenvalue weighted by atomic mass is 79.9. The molecule has 0 aliphatic rings. The number of hydrogen-bond donors (Lipinski definition) is 1. The van der Waals surface area contributed by atoms with E-state index in [1.165, 1.54) is 0 Å². The van der Waals surface area contributed by atoms with Crippen LogP contribution in [0, 0.1) is 0 Å². The van der Waals surface area contributed by atoms with Crippen LogP contribution in [0.2, 0.25) is 5.02 Å². The third-order valence-electron chi connectivity index (χ3n) is 2.65. The molecule has 1 unspecified atom stereocenters. The Morgan fingerprint density at radius 1 is 1.33 bits per heavy atom. The number of nitrogens with one attached hydrogen (secondary N) is 1. The molecule has 0 bridgehead atoms. The lowest BCUT2D eigenvalue weighted by atomic mass is 10.0. The first kappa shape index (κ1) is 13.5. The Bertz CT molecular complexity index is 531. The van der Waals surface area contributed by atoms with Gasteiger partial charge in [0.2, 0.25) is 0 Å². The van der Waals surface area contributed by atoms with Gasteiger partial charge in [0, 0.05) is 15.7 Å². The Balaban J connectivity index is 2.43. The van der Waals surface area contributed by atoms with Crippen molar-refractivity contribution in [3.05, 3.63) is 63.3 Å². The van der Waals surface area contributed by atoms with Gasteiger partial charge in [-0.2, -0.15) is 0 Å². The number of pyridine rings is 1. The fourth-order valence-electron chi connectivity index (χ4n) is 1.87. The van der Waals surface area contributed by atoms with Crippen molar-refractivity contribution >= 4 is 27.5 Å².